The number of fused-ring (bicyclic) bond motifs is 1. The number of carbonyl (C=O) groups is 2. The number of rotatable bonds is 17. The number of aryl methyl sites for hydroxylation is 3. The van der Waals surface area contributed by atoms with Crippen molar-refractivity contribution in [3.8, 4) is 0 Å². The largest absolute Gasteiger partial charge is 0.475 e. The normalized spacial score (nSPS) is 12.6. The zero-order valence-corrected chi connectivity index (χ0v) is 26.8. The summed E-state index contributed by atoms with van der Waals surface area (Å²) in [5.41, 5.74) is 3.74. The summed E-state index contributed by atoms with van der Waals surface area (Å²) < 4.78 is 10.7. The van der Waals surface area contributed by atoms with E-state index in [9.17, 15) is 24.6 Å². The number of aliphatic hydroxyl groups excluding tert-OH is 1. The molecule has 4 rings (SSSR count). The molecular weight excluding hydrogens is 588 g/mol. The van der Waals surface area contributed by atoms with Crippen LogP contribution in [0.4, 0.5) is 0 Å². The molecule has 0 aliphatic heterocycles. The molecule has 0 bridgehead atoms. The number of carbonyl (C=O) groups excluding carboxylic acids is 1. The Hall–Kier alpha value is -3.88. The predicted octanol–water partition coefficient (Wildman–Crippen LogP) is 7.94. The Morgan fingerprint density at radius 2 is 1.53 bits per heavy atom. The van der Waals surface area contributed by atoms with Gasteiger partial charge in [-0.3, -0.25) is 4.79 Å². The maximum atomic E-state index is 12.7. The van der Waals surface area contributed by atoms with Crippen LogP contribution in [0, 0.1) is 0 Å². The molecule has 45 heavy (non-hydrogen) atoms. The third-order valence-electron chi connectivity index (χ3n) is 8.02. The van der Waals surface area contributed by atoms with Gasteiger partial charge >= 0.3 is 11.9 Å². The van der Waals surface area contributed by atoms with Gasteiger partial charge in [0.25, 0.3) is 0 Å². The second kappa shape index (κ2) is 17.0. The zero-order chi connectivity index (χ0) is 32.2. The maximum Gasteiger partial charge on any atom is 0.371 e. The maximum absolute atomic E-state index is 12.7. The quantitative estimate of drug-likeness (QED) is 0.0687. The Morgan fingerprint density at radius 3 is 2.22 bits per heavy atom. The standard InChI is InChI=1S/C37H42O7S/c1-3-15-29-32(23-22-28-30(38)24-31(36(40)41)44-34(28)29)45-35(33(39)37(42)43-2)27-21-14-13-20-26(27)19-12-7-5-4-6-9-16-25-17-10-8-11-18-25/h8,10-11,13-14,17-18,20-24,33,35,39H,3-7,9,12,15-16,19H2,1-2H3,(H,40,41). The third-order valence-corrected chi connectivity index (χ3v) is 9.42. The van der Waals surface area contributed by atoms with E-state index in [2.05, 4.69) is 24.3 Å². The molecule has 4 aromatic rings. The molecule has 0 saturated carbocycles. The van der Waals surface area contributed by atoms with Gasteiger partial charge in [0.1, 0.15) is 5.58 Å². The first-order valence-corrected chi connectivity index (χ1v) is 16.6. The number of hydrogen-bond acceptors (Lipinski definition) is 7. The number of thioether (sulfide) groups is 1. The SMILES string of the molecule is CCCc1c(SC(c2ccccc2CCCCCCCCc2ccccc2)C(O)C(=O)OC)ccc2c(=O)cc(C(=O)O)oc12. The minimum absolute atomic E-state index is 0.218. The van der Waals surface area contributed by atoms with Crippen molar-refractivity contribution < 1.29 is 29.0 Å². The van der Waals surface area contributed by atoms with Crippen molar-refractivity contribution in [1.29, 1.82) is 0 Å². The van der Waals surface area contributed by atoms with E-state index in [0.717, 1.165) is 49.3 Å². The lowest BCUT2D eigenvalue weighted by atomic mass is 9.96. The predicted molar refractivity (Wildman–Crippen MR) is 178 cm³/mol. The number of unbranched alkanes of at least 4 members (excludes halogenated alkanes) is 5. The fourth-order valence-electron chi connectivity index (χ4n) is 5.67. The van der Waals surface area contributed by atoms with Gasteiger partial charge in [-0.15, -0.1) is 11.8 Å². The molecule has 2 atom stereocenters. The smallest absolute Gasteiger partial charge is 0.371 e. The number of carboxylic acids is 1. The van der Waals surface area contributed by atoms with Crippen LogP contribution >= 0.6 is 11.8 Å². The Morgan fingerprint density at radius 1 is 0.867 bits per heavy atom. The topological polar surface area (TPSA) is 114 Å². The molecule has 0 spiro atoms. The van der Waals surface area contributed by atoms with Gasteiger partial charge in [0.2, 0.25) is 5.76 Å². The van der Waals surface area contributed by atoms with Gasteiger partial charge < -0.3 is 19.4 Å². The van der Waals surface area contributed by atoms with E-state index in [0.29, 0.717) is 28.7 Å². The van der Waals surface area contributed by atoms with Crippen molar-refractivity contribution in [2.45, 2.75) is 87.4 Å². The average molecular weight is 631 g/mol. The molecule has 7 nitrogen and oxygen atoms in total. The van der Waals surface area contributed by atoms with E-state index in [1.165, 1.54) is 43.7 Å². The molecule has 1 heterocycles. The lowest BCUT2D eigenvalue weighted by Crippen LogP contribution is -2.28. The van der Waals surface area contributed by atoms with Gasteiger partial charge in [-0.1, -0.05) is 93.6 Å². The average Bonchev–Trinajstić information content (AvgIpc) is 3.05. The fraction of sp³-hybridized carbons (Fsp3) is 0.378. The van der Waals surface area contributed by atoms with Gasteiger partial charge in [-0.2, -0.15) is 0 Å². The lowest BCUT2D eigenvalue weighted by molar-refractivity contribution is -0.150. The number of aliphatic hydroxyl groups is 1. The van der Waals surface area contributed by atoms with Gasteiger partial charge in [0.05, 0.1) is 17.7 Å². The van der Waals surface area contributed by atoms with Gasteiger partial charge in [0, 0.05) is 16.5 Å². The molecule has 1 aromatic heterocycles. The molecule has 8 heteroatoms. The van der Waals surface area contributed by atoms with Crippen molar-refractivity contribution in [2.75, 3.05) is 7.11 Å². The van der Waals surface area contributed by atoms with E-state index in [1.807, 2.05) is 37.3 Å². The Bertz CT molecular complexity index is 1630. The fourth-order valence-corrected chi connectivity index (χ4v) is 7.03. The van der Waals surface area contributed by atoms with Crippen LogP contribution in [0.1, 0.15) is 89.9 Å². The molecule has 0 amide bonds. The number of ether oxygens (including phenoxy) is 1. The molecule has 2 N–H and O–H groups in total. The summed E-state index contributed by atoms with van der Waals surface area (Å²) in [6.07, 6.45) is 8.50. The Balaban J connectivity index is 1.52. The molecule has 238 valence electrons. The van der Waals surface area contributed by atoms with Crippen LogP contribution in [0.3, 0.4) is 0 Å². The highest BCUT2D eigenvalue weighted by Crippen LogP contribution is 2.43. The van der Waals surface area contributed by atoms with Crippen LogP contribution in [0.15, 0.2) is 86.9 Å². The summed E-state index contributed by atoms with van der Waals surface area (Å²) in [7, 11) is 1.25. The molecule has 0 radical (unpaired) electrons. The van der Waals surface area contributed by atoms with Crippen molar-refractivity contribution in [1.82, 2.24) is 0 Å². The summed E-state index contributed by atoms with van der Waals surface area (Å²) in [6.45, 7) is 1.98. The number of methoxy groups -OCH3 is 1. The summed E-state index contributed by atoms with van der Waals surface area (Å²) in [5, 5.41) is 20.3. The minimum atomic E-state index is -1.45. The number of esters is 1. The van der Waals surface area contributed by atoms with Gasteiger partial charge in [-0.05, 0) is 60.9 Å². The van der Waals surface area contributed by atoms with E-state index in [1.54, 1.807) is 12.1 Å². The highest BCUT2D eigenvalue weighted by Gasteiger charge is 2.32. The minimum Gasteiger partial charge on any atom is -0.475 e. The van der Waals surface area contributed by atoms with Crippen molar-refractivity contribution in [3.05, 3.63) is 111 Å². The van der Waals surface area contributed by atoms with Crippen molar-refractivity contribution in [2.24, 2.45) is 0 Å². The first-order valence-electron chi connectivity index (χ1n) is 15.7. The highest BCUT2D eigenvalue weighted by molar-refractivity contribution is 7.99. The van der Waals surface area contributed by atoms with Crippen LogP contribution in [-0.4, -0.2) is 35.4 Å². The Kier molecular flexibility index (Phi) is 12.8. The van der Waals surface area contributed by atoms with Crippen LogP contribution in [0.2, 0.25) is 0 Å². The number of carboxylic acid groups (broad SMARTS) is 1. The molecule has 3 aromatic carbocycles. The van der Waals surface area contributed by atoms with Crippen LogP contribution in [-0.2, 0) is 28.8 Å². The van der Waals surface area contributed by atoms with Gasteiger partial charge in [0.15, 0.2) is 11.5 Å². The summed E-state index contributed by atoms with van der Waals surface area (Å²) in [5.74, 6) is -2.50. The first-order chi connectivity index (χ1) is 21.8. The molecule has 0 aliphatic rings. The number of hydrogen-bond donors (Lipinski definition) is 2. The van der Waals surface area contributed by atoms with Gasteiger partial charge in [-0.25, -0.2) is 9.59 Å². The van der Waals surface area contributed by atoms with Crippen LogP contribution in [0.25, 0.3) is 11.0 Å². The summed E-state index contributed by atoms with van der Waals surface area (Å²) >= 11 is 1.30. The van der Waals surface area contributed by atoms with Crippen LogP contribution in [0.5, 0.6) is 0 Å². The van der Waals surface area contributed by atoms with E-state index in [4.69, 9.17) is 9.15 Å². The zero-order valence-electron chi connectivity index (χ0n) is 26.0. The van der Waals surface area contributed by atoms with E-state index >= 15 is 0 Å². The second-order valence-corrected chi connectivity index (χ2v) is 12.4. The second-order valence-electron chi connectivity index (χ2n) is 11.3. The first kappa shape index (κ1) is 34.0. The third kappa shape index (κ3) is 9.08. The number of benzene rings is 3. The summed E-state index contributed by atoms with van der Waals surface area (Å²) in [6, 6.07) is 22.8. The lowest BCUT2D eigenvalue weighted by Gasteiger charge is -2.25. The molecule has 2 unspecified atom stereocenters. The molecular formula is C37H42O7S. The van der Waals surface area contributed by atoms with Crippen LogP contribution < -0.4 is 5.43 Å². The highest BCUT2D eigenvalue weighted by atomic mass is 32.2. The van der Waals surface area contributed by atoms with Crippen molar-refractivity contribution in [3.63, 3.8) is 0 Å². The van der Waals surface area contributed by atoms with Crippen molar-refractivity contribution >= 4 is 34.7 Å². The summed E-state index contributed by atoms with van der Waals surface area (Å²) in [4.78, 5) is 37.8. The molecule has 0 aliphatic carbocycles. The van der Waals surface area contributed by atoms with E-state index in [-0.39, 0.29) is 5.58 Å². The Labute approximate surface area is 268 Å². The number of aromatic carboxylic acids is 1. The van der Waals surface area contributed by atoms with E-state index < -0.39 is 34.5 Å². The monoisotopic (exact) mass is 630 g/mol. The molecule has 0 fully saturated rings. The molecule has 0 saturated heterocycles.